The van der Waals surface area contributed by atoms with Crippen molar-refractivity contribution in [3.8, 4) is 5.75 Å². The Morgan fingerprint density at radius 1 is 1.29 bits per heavy atom. The fraction of sp³-hybridized carbons (Fsp3) is 0.200. The fourth-order valence-electron chi connectivity index (χ4n) is 2.07. The number of nitrogens with zero attached hydrogens (tertiary/aromatic N) is 2. The molecule has 0 aliphatic carbocycles. The first-order valence-corrected chi connectivity index (χ1v) is 7.12. The standard InChI is InChI=1S/C15H16BrN3O2/c1-9-3-12(15(17)19-20)4-10(2)14(9)21-8-11-5-13(16)7-18-6-11/h3-7,20H,8H2,1-2H3,(H2,17,19). The van der Waals surface area contributed by atoms with Crippen molar-refractivity contribution in [2.75, 3.05) is 0 Å². The van der Waals surface area contributed by atoms with Crippen molar-refractivity contribution in [3.05, 3.63) is 57.3 Å². The minimum Gasteiger partial charge on any atom is -0.488 e. The molecule has 6 heteroatoms. The summed E-state index contributed by atoms with van der Waals surface area (Å²) < 4.78 is 6.79. The molecule has 0 saturated heterocycles. The zero-order valence-corrected chi connectivity index (χ0v) is 13.4. The molecule has 21 heavy (non-hydrogen) atoms. The van der Waals surface area contributed by atoms with Crippen LogP contribution in [-0.2, 0) is 6.61 Å². The van der Waals surface area contributed by atoms with Crippen LogP contribution >= 0.6 is 15.9 Å². The zero-order valence-electron chi connectivity index (χ0n) is 11.8. The summed E-state index contributed by atoms with van der Waals surface area (Å²) in [6.07, 6.45) is 3.49. The molecule has 0 amide bonds. The first-order chi connectivity index (χ1) is 10.0. The van der Waals surface area contributed by atoms with Crippen molar-refractivity contribution in [3.63, 3.8) is 0 Å². The Balaban J connectivity index is 2.21. The number of amidine groups is 1. The van der Waals surface area contributed by atoms with E-state index >= 15 is 0 Å². The lowest BCUT2D eigenvalue weighted by Gasteiger charge is -2.14. The molecule has 1 aromatic carbocycles. The van der Waals surface area contributed by atoms with Gasteiger partial charge in [-0.1, -0.05) is 5.16 Å². The van der Waals surface area contributed by atoms with E-state index in [1.54, 1.807) is 12.4 Å². The molecule has 2 rings (SSSR count). The van der Waals surface area contributed by atoms with Gasteiger partial charge in [-0.25, -0.2) is 0 Å². The Morgan fingerprint density at radius 2 is 1.95 bits per heavy atom. The van der Waals surface area contributed by atoms with E-state index in [0.29, 0.717) is 12.2 Å². The van der Waals surface area contributed by atoms with Crippen molar-refractivity contribution in [1.82, 2.24) is 4.98 Å². The molecule has 1 aromatic heterocycles. The van der Waals surface area contributed by atoms with Gasteiger partial charge in [0.05, 0.1) is 0 Å². The lowest BCUT2D eigenvalue weighted by Crippen LogP contribution is -2.14. The molecule has 0 saturated carbocycles. The van der Waals surface area contributed by atoms with Crippen molar-refractivity contribution in [1.29, 1.82) is 0 Å². The van der Waals surface area contributed by atoms with Gasteiger partial charge >= 0.3 is 0 Å². The molecular weight excluding hydrogens is 334 g/mol. The Hall–Kier alpha value is -2.08. The summed E-state index contributed by atoms with van der Waals surface area (Å²) in [5.74, 6) is 0.883. The highest BCUT2D eigenvalue weighted by Crippen LogP contribution is 2.26. The van der Waals surface area contributed by atoms with Gasteiger partial charge in [0.15, 0.2) is 5.84 Å². The van der Waals surface area contributed by atoms with Crippen molar-refractivity contribution in [2.45, 2.75) is 20.5 Å². The largest absolute Gasteiger partial charge is 0.488 e. The van der Waals surface area contributed by atoms with Gasteiger partial charge in [-0.15, -0.1) is 0 Å². The third-order valence-electron chi connectivity index (χ3n) is 3.01. The molecule has 0 aliphatic rings. The van der Waals surface area contributed by atoms with Gasteiger partial charge in [0.2, 0.25) is 0 Å². The Labute approximate surface area is 131 Å². The van der Waals surface area contributed by atoms with Crippen LogP contribution in [0.25, 0.3) is 0 Å². The maximum atomic E-state index is 8.74. The number of nitrogens with two attached hydrogens (primary N) is 1. The van der Waals surface area contributed by atoms with E-state index in [-0.39, 0.29) is 5.84 Å². The quantitative estimate of drug-likeness (QED) is 0.384. The first kappa shape index (κ1) is 15.3. The lowest BCUT2D eigenvalue weighted by atomic mass is 10.1. The van der Waals surface area contributed by atoms with Gasteiger partial charge in [-0.05, 0) is 59.1 Å². The van der Waals surface area contributed by atoms with Gasteiger partial charge in [-0.2, -0.15) is 0 Å². The zero-order chi connectivity index (χ0) is 15.4. The Morgan fingerprint density at radius 3 is 2.52 bits per heavy atom. The van der Waals surface area contributed by atoms with Gasteiger partial charge in [-0.3, -0.25) is 4.98 Å². The van der Waals surface area contributed by atoms with E-state index < -0.39 is 0 Å². The Bertz CT molecular complexity index is 663. The second kappa shape index (κ2) is 6.58. The van der Waals surface area contributed by atoms with Crippen LogP contribution in [0, 0.1) is 13.8 Å². The molecular formula is C15H16BrN3O2. The third-order valence-corrected chi connectivity index (χ3v) is 3.44. The number of halogens is 1. The number of hydrogen-bond acceptors (Lipinski definition) is 4. The van der Waals surface area contributed by atoms with Crippen LogP contribution in [0.5, 0.6) is 5.75 Å². The van der Waals surface area contributed by atoms with Crippen LogP contribution in [-0.4, -0.2) is 16.0 Å². The monoisotopic (exact) mass is 349 g/mol. The van der Waals surface area contributed by atoms with Gasteiger partial charge in [0.1, 0.15) is 12.4 Å². The molecule has 0 atom stereocenters. The molecule has 0 fully saturated rings. The van der Waals surface area contributed by atoms with Crippen LogP contribution in [0.2, 0.25) is 0 Å². The van der Waals surface area contributed by atoms with E-state index in [0.717, 1.165) is 26.9 Å². The van der Waals surface area contributed by atoms with Crippen molar-refractivity contribution >= 4 is 21.8 Å². The smallest absolute Gasteiger partial charge is 0.170 e. The maximum Gasteiger partial charge on any atom is 0.170 e. The second-order valence-electron chi connectivity index (χ2n) is 4.72. The molecule has 1 heterocycles. The number of rotatable bonds is 4. The number of aromatic nitrogens is 1. The summed E-state index contributed by atoms with van der Waals surface area (Å²) in [5.41, 5.74) is 9.12. The average molecular weight is 350 g/mol. The number of oxime groups is 1. The van der Waals surface area contributed by atoms with Crippen LogP contribution in [0.15, 0.2) is 40.2 Å². The SMILES string of the molecule is Cc1cc(/C(N)=N/O)cc(C)c1OCc1cncc(Br)c1. The molecule has 110 valence electrons. The van der Waals surface area contributed by atoms with Crippen LogP contribution in [0.3, 0.4) is 0 Å². The van der Waals surface area contributed by atoms with E-state index in [1.807, 2.05) is 32.0 Å². The summed E-state index contributed by atoms with van der Waals surface area (Å²) in [7, 11) is 0. The molecule has 5 nitrogen and oxygen atoms in total. The predicted octanol–water partition coefficient (Wildman–Crippen LogP) is 3.13. The number of pyridine rings is 1. The highest BCUT2D eigenvalue weighted by atomic mass is 79.9. The summed E-state index contributed by atoms with van der Waals surface area (Å²) in [4.78, 5) is 4.10. The normalized spacial score (nSPS) is 11.5. The molecule has 2 aromatic rings. The van der Waals surface area contributed by atoms with E-state index in [2.05, 4.69) is 26.1 Å². The van der Waals surface area contributed by atoms with Crippen molar-refractivity contribution < 1.29 is 9.94 Å². The highest BCUT2D eigenvalue weighted by molar-refractivity contribution is 9.10. The number of ether oxygens (including phenoxy) is 1. The maximum absolute atomic E-state index is 8.74. The summed E-state index contributed by atoms with van der Waals surface area (Å²) >= 11 is 3.38. The van der Waals surface area contributed by atoms with E-state index in [9.17, 15) is 0 Å². The summed E-state index contributed by atoms with van der Waals surface area (Å²) in [6.45, 7) is 4.28. The molecule has 0 aliphatic heterocycles. The minimum atomic E-state index is 0.0870. The third kappa shape index (κ3) is 3.72. The average Bonchev–Trinajstić information content (AvgIpc) is 2.45. The van der Waals surface area contributed by atoms with Crippen LogP contribution in [0.1, 0.15) is 22.3 Å². The summed E-state index contributed by atoms with van der Waals surface area (Å²) in [6, 6.07) is 5.62. The van der Waals surface area contributed by atoms with Crippen LogP contribution < -0.4 is 10.5 Å². The first-order valence-electron chi connectivity index (χ1n) is 6.32. The molecule has 0 bridgehead atoms. The predicted molar refractivity (Wildman–Crippen MR) is 84.7 cm³/mol. The van der Waals surface area contributed by atoms with Gasteiger partial charge in [0.25, 0.3) is 0 Å². The minimum absolute atomic E-state index is 0.0870. The van der Waals surface area contributed by atoms with Crippen LogP contribution in [0.4, 0.5) is 0 Å². The highest BCUT2D eigenvalue weighted by Gasteiger charge is 2.09. The second-order valence-corrected chi connectivity index (χ2v) is 5.64. The molecule has 0 spiro atoms. The summed E-state index contributed by atoms with van der Waals surface area (Å²) in [5, 5.41) is 11.8. The molecule has 0 radical (unpaired) electrons. The Kier molecular flexibility index (Phi) is 4.80. The molecule has 3 N–H and O–H groups in total. The topological polar surface area (TPSA) is 80.7 Å². The van der Waals surface area contributed by atoms with Crippen molar-refractivity contribution in [2.24, 2.45) is 10.9 Å². The van der Waals surface area contributed by atoms with Gasteiger partial charge < -0.3 is 15.7 Å². The molecule has 0 unspecified atom stereocenters. The lowest BCUT2D eigenvalue weighted by molar-refractivity contribution is 0.301. The number of benzene rings is 1. The fourth-order valence-corrected chi connectivity index (χ4v) is 2.49. The number of hydrogen-bond donors (Lipinski definition) is 2. The van der Waals surface area contributed by atoms with E-state index in [4.69, 9.17) is 15.7 Å². The number of aryl methyl sites for hydroxylation is 2. The van der Waals surface area contributed by atoms with E-state index in [1.165, 1.54) is 0 Å². The van der Waals surface area contributed by atoms with Gasteiger partial charge in [0, 0.05) is 28.0 Å².